The van der Waals surface area contributed by atoms with Crippen LogP contribution in [0.1, 0.15) is 41.8 Å². The van der Waals surface area contributed by atoms with Crippen molar-refractivity contribution >= 4 is 22.8 Å². The van der Waals surface area contributed by atoms with Gasteiger partial charge in [0.1, 0.15) is 11.3 Å². The summed E-state index contributed by atoms with van der Waals surface area (Å²) in [5, 5.41) is 3.79. The Morgan fingerprint density at radius 3 is 2.79 bits per heavy atom. The Balaban J connectivity index is 1.27. The topological polar surface area (TPSA) is 68.5 Å². The lowest BCUT2D eigenvalue weighted by atomic mass is 10.0. The monoisotopic (exact) mass is 377 g/mol. The fourth-order valence-corrected chi connectivity index (χ4v) is 3.67. The van der Waals surface area contributed by atoms with E-state index in [1.807, 2.05) is 43.3 Å². The number of rotatable bonds is 6. The Morgan fingerprint density at radius 2 is 1.93 bits per heavy atom. The van der Waals surface area contributed by atoms with E-state index in [4.69, 9.17) is 9.15 Å². The van der Waals surface area contributed by atoms with Gasteiger partial charge in [-0.1, -0.05) is 36.4 Å². The molecule has 1 N–H and O–H groups in total. The Kier molecular flexibility index (Phi) is 5.15. The van der Waals surface area contributed by atoms with Crippen LogP contribution in [0.2, 0.25) is 0 Å². The van der Waals surface area contributed by atoms with E-state index in [1.165, 1.54) is 17.5 Å². The summed E-state index contributed by atoms with van der Waals surface area (Å²) in [5.41, 5.74) is 4.40. The highest BCUT2D eigenvalue weighted by Crippen LogP contribution is 2.24. The van der Waals surface area contributed by atoms with Gasteiger partial charge in [0.05, 0.1) is 12.5 Å². The number of nitrogens with one attached hydrogen (secondary N) is 1. The van der Waals surface area contributed by atoms with E-state index in [1.54, 1.807) is 0 Å². The van der Waals surface area contributed by atoms with Crippen molar-refractivity contribution < 1.29 is 18.7 Å². The Bertz CT molecular complexity index is 987. The van der Waals surface area contributed by atoms with Gasteiger partial charge in [-0.05, 0) is 55.0 Å². The van der Waals surface area contributed by atoms with E-state index >= 15 is 0 Å². The first-order chi connectivity index (χ1) is 13.6. The highest BCUT2D eigenvalue weighted by molar-refractivity contribution is 5.82. The number of aryl methyl sites for hydroxylation is 2. The summed E-state index contributed by atoms with van der Waals surface area (Å²) in [7, 11) is 0. The summed E-state index contributed by atoms with van der Waals surface area (Å²) < 4.78 is 10.9. The second-order valence-electron chi connectivity index (χ2n) is 7.27. The molecule has 0 saturated heterocycles. The second kappa shape index (κ2) is 7.89. The molecule has 5 heteroatoms. The number of esters is 1. The van der Waals surface area contributed by atoms with E-state index in [9.17, 15) is 9.59 Å². The predicted molar refractivity (Wildman–Crippen MR) is 106 cm³/mol. The molecule has 0 fully saturated rings. The molecule has 144 valence electrons. The van der Waals surface area contributed by atoms with Crippen molar-refractivity contribution in [1.29, 1.82) is 0 Å². The average Bonchev–Trinajstić information content (AvgIpc) is 3.32. The number of para-hydroxylation sites is 1. The minimum Gasteiger partial charge on any atom is -0.459 e. The number of hydrogen-bond donors (Lipinski definition) is 1. The van der Waals surface area contributed by atoms with Crippen LogP contribution in [0.3, 0.4) is 0 Å². The van der Waals surface area contributed by atoms with Crippen LogP contribution in [0.25, 0.3) is 11.0 Å². The summed E-state index contributed by atoms with van der Waals surface area (Å²) in [6.45, 7) is 1.54. The fraction of sp³-hybridized carbons (Fsp3) is 0.304. The molecule has 1 amide bonds. The van der Waals surface area contributed by atoms with E-state index in [0.29, 0.717) is 5.76 Å². The van der Waals surface area contributed by atoms with Crippen molar-refractivity contribution in [2.75, 3.05) is 6.61 Å². The average molecular weight is 377 g/mol. The summed E-state index contributed by atoms with van der Waals surface area (Å²) in [6, 6.07) is 15.4. The van der Waals surface area contributed by atoms with Crippen molar-refractivity contribution in [3.8, 4) is 0 Å². The van der Waals surface area contributed by atoms with Gasteiger partial charge in [0, 0.05) is 5.39 Å². The maximum absolute atomic E-state index is 12.1. The quantitative estimate of drug-likeness (QED) is 0.662. The zero-order valence-corrected chi connectivity index (χ0v) is 15.9. The lowest BCUT2D eigenvalue weighted by molar-refractivity contribution is -0.148. The minimum absolute atomic E-state index is 0.180. The van der Waals surface area contributed by atoms with Crippen molar-refractivity contribution in [3.63, 3.8) is 0 Å². The van der Waals surface area contributed by atoms with Crippen LogP contribution in [0.5, 0.6) is 0 Å². The van der Waals surface area contributed by atoms with Gasteiger partial charge in [-0.2, -0.15) is 0 Å². The molecule has 5 nitrogen and oxygen atoms in total. The first kappa shape index (κ1) is 18.3. The van der Waals surface area contributed by atoms with Crippen molar-refractivity contribution in [1.82, 2.24) is 5.32 Å². The van der Waals surface area contributed by atoms with E-state index in [2.05, 4.69) is 17.4 Å². The van der Waals surface area contributed by atoms with Gasteiger partial charge in [-0.15, -0.1) is 0 Å². The van der Waals surface area contributed by atoms with E-state index < -0.39 is 5.97 Å². The molecular formula is C23H23NO4. The number of carbonyl (C=O) groups is 2. The van der Waals surface area contributed by atoms with E-state index in [-0.39, 0.29) is 25.0 Å². The zero-order valence-electron chi connectivity index (χ0n) is 15.9. The number of amides is 1. The van der Waals surface area contributed by atoms with Crippen LogP contribution in [0.15, 0.2) is 52.9 Å². The third-order valence-electron chi connectivity index (χ3n) is 5.12. The third kappa shape index (κ3) is 4.09. The molecule has 0 bridgehead atoms. The second-order valence-corrected chi connectivity index (χ2v) is 7.27. The number of carbonyl (C=O) groups excluding carboxylic acids is 2. The fourth-order valence-electron chi connectivity index (χ4n) is 3.67. The summed E-state index contributed by atoms with van der Waals surface area (Å²) in [5.74, 6) is -0.0845. The number of benzene rings is 2. The standard InChI is InChI=1S/C23H23NO4/c1-15(21-13-19-5-2-3-8-20(19)28-21)24-22(25)14-27-23(26)12-16-9-10-17-6-4-7-18(17)11-16/h2-3,5,8-11,13,15H,4,6-7,12,14H2,1H3,(H,24,25)/t15-/m1/s1. The molecule has 1 heterocycles. The van der Waals surface area contributed by atoms with Crippen LogP contribution in [-0.2, 0) is 33.6 Å². The van der Waals surface area contributed by atoms with Gasteiger partial charge in [-0.3, -0.25) is 9.59 Å². The molecule has 2 aromatic carbocycles. The molecule has 0 aliphatic heterocycles. The van der Waals surface area contributed by atoms with E-state index in [0.717, 1.165) is 29.4 Å². The number of hydrogen-bond acceptors (Lipinski definition) is 4. The minimum atomic E-state index is -0.399. The summed E-state index contributed by atoms with van der Waals surface area (Å²) in [4.78, 5) is 24.2. The van der Waals surface area contributed by atoms with Crippen molar-refractivity contribution in [2.24, 2.45) is 0 Å². The summed E-state index contributed by atoms with van der Waals surface area (Å²) >= 11 is 0. The van der Waals surface area contributed by atoms with Crippen molar-refractivity contribution in [2.45, 2.75) is 38.6 Å². The maximum Gasteiger partial charge on any atom is 0.310 e. The largest absolute Gasteiger partial charge is 0.459 e. The molecule has 0 spiro atoms. The smallest absolute Gasteiger partial charge is 0.310 e. The molecule has 4 rings (SSSR count). The van der Waals surface area contributed by atoms with Crippen LogP contribution in [-0.4, -0.2) is 18.5 Å². The molecule has 1 aromatic heterocycles. The van der Waals surface area contributed by atoms with Gasteiger partial charge < -0.3 is 14.5 Å². The van der Waals surface area contributed by atoms with Gasteiger partial charge in [0.15, 0.2) is 6.61 Å². The van der Waals surface area contributed by atoms with Gasteiger partial charge in [0.2, 0.25) is 0 Å². The lowest BCUT2D eigenvalue weighted by Crippen LogP contribution is -2.31. The van der Waals surface area contributed by atoms with Crippen LogP contribution >= 0.6 is 0 Å². The van der Waals surface area contributed by atoms with Gasteiger partial charge in [-0.25, -0.2) is 0 Å². The predicted octanol–water partition coefficient (Wildman–Crippen LogP) is 3.88. The molecule has 1 aliphatic carbocycles. The molecule has 0 saturated carbocycles. The molecular weight excluding hydrogens is 354 g/mol. The normalized spacial score (nSPS) is 13.9. The highest BCUT2D eigenvalue weighted by Gasteiger charge is 2.16. The lowest BCUT2D eigenvalue weighted by Gasteiger charge is -2.12. The van der Waals surface area contributed by atoms with Crippen molar-refractivity contribution in [3.05, 3.63) is 71.0 Å². The zero-order chi connectivity index (χ0) is 19.5. The molecule has 28 heavy (non-hydrogen) atoms. The molecule has 0 unspecified atom stereocenters. The molecule has 1 atom stereocenters. The first-order valence-electron chi connectivity index (χ1n) is 9.62. The molecule has 3 aromatic rings. The Morgan fingerprint density at radius 1 is 1.11 bits per heavy atom. The summed E-state index contributed by atoms with van der Waals surface area (Å²) in [6.07, 6.45) is 3.54. The number of furan rings is 1. The van der Waals surface area contributed by atoms with Gasteiger partial charge >= 0.3 is 5.97 Å². The van der Waals surface area contributed by atoms with Crippen LogP contribution < -0.4 is 5.32 Å². The highest BCUT2D eigenvalue weighted by atomic mass is 16.5. The number of ether oxygens (including phenoxy) is 1. The van der Waals surface area contributed by atoms with Gasteiger partial charge in [0.25, 0.3) is 5.91 Å². The third-order valence-corrected chi connectivity index (χ3v) is 5.12. The maximum atomic E-state index is 12.1. The number of fused-ring (bicyclic) bond motifs is 2. The molecule has 0 radical (unpaired) electrons. The Labute approximate surface area is 163 Å². The van der Waals surface area contributed by atoms with Crippen LogP contribution in [0.4, 0.5) is 0 Å². The first-order valence-corrected chi connectivity index (χ1v) is 9.62. The molecule has 1 aliphatic rings. The SMILES string of the molecule is C[C@@H](NC(=O)COC(=O)Cc1ccc2c(c1)CCC2)c1cc2ccccc2o1. The van der Waals surface area contributed by atoms with Crippen LogP contribution in [0, 0.1) is 0 Å². The Hall–Kier alpha value is -3.08.